The molecular weight excluding hydrogens is 328 g/mol. The number of rotatable bonds is 5. The lowest BCUT2D eigenvalue weighted by molar-refractivity contribution is 0.0922. The molecule has 134 valence electrons. The molecule has 0 fully saturated rings. The molecule has 3 rings (SSSR count). The number of carbonyl (C=O) groups is 1. The zero-order valence-electron chi connectivity index (χ0n) is 15.1. The van der Waals surface area contributed by atoms with Gasteiger partial charge in [-0.15, -0.1) is 5.10 Å². The van der Waals surface area contributed by atoms with Crippen molar-refractivity contribution in [3.8, 4) is 16.8 Å². The van der Waals surface area contributed by atoms with Gasteiger partial charge < -0.3 is 10.4 Å². The molecule has 1 atom stereocenters. The van der Waals surface area contributed by atoms with Gasteiger partial charge in [0.05, 0.1) is 24.2 Å². The average Bonchev–Trinajstić information content (AvgIpc) is 3.07. The molecule has 26 heavy (non-hydrogen) atoms. The van der Waals surface area contributed by atoms with Crippen LogP contribution in [0.4, 0.5) is 0 Å². The van der Waals surface area contributed by atoms with Gasteiger partial charge in [-0.1, -0.05) is 35.0 Å². The van der Waals surface area contributed by atoms with Crippen molar-refractivity contribution in [3.05, 3.63) is 65.5 Å². The van der Waals surface area contributed by atoms with Gasteiger partial charge in [0, 0.05) is 11.6 Å². The second-order valence-corrected chi connectivity index (χ2v) is 6.48. The minimum absolute atomic E-state index is 0.113. The molecule has 0 radical (unpaired) electrons. The third kappa shape index (κ3) is 3.81. The molecule has 2 aromatic carbocycles. The summed E-state index contributed by atoms with van der Waals surface area (Å²) in [6.45, 7) is 5.59. The number of amides is 1. The summed E-state index contributed by atoms with van der Waals surface area (Å²) in [5.41, 5.74) is 5.25. The van der Waals surface area contributed by atoms with Crippen LogP contribution in [-0.2, 0) is 0 Å². The lowest BCUT2D eigenvalue weighted by Crippen LogP contribution is -2.35. The largest absolute Gasteiger partial charge is 0.394 e. The van der Waals surface area contributed by atoms with Gasteiger partial charge in [-0.05, 0) is 50.1 Å². The summed E-state index contributed by atoms with van der Waals surface area (Å²) in [6.07, 6.45) is 1.67. The summed E-state index contributed by atoms with van der Waals surface area (Å²) in [4.78, 5) is 12.6. The highest BCUT2D eigenvalue weighted by Gasteiger charge is 2.14. The number of aliphatic hydroxyl groups excluding tert-OH is 1. The molecule has 0 aliphatic rings. The van der Waals surface area contributed by atoms with Crippen molar-refractivity contribution in [1.82, 2.24) is 20.3 Å². The summed E-state index contributed by atoms with van der Waals surface area (Å²) >= 11 is 0. The maximum absolute atomic E-state index is 12.6. The number of nitrogens with zero attached hydrogens (tertiary/aromatic N) is 3. The van der Waals surface area contributed by atoms with Gasteiger partial charge in [0.25, 0.3) is 5.91 Å². The fourth-order valence-electron chi connectivity index (χ4n) is 2.67. The second kappa shape index (κ2) is 7.49. The molecule has 1 heterocycles. The third-order valence-electron chi connectivity index (χ3n) is 4.18. The van der Waals surface area contributed by atoms with E-state index in [0.29, 0.717) is 5.56 Å². The van der Waals surface area contributed by atoms with E-state index in [0.717, 1.165) is 22.5 Å². The Hall–Kier alpha value is -2.99. The summed E-state index contributed by atoms with van der Waals surface area (Å²) in [5, 5.41) is 20.0. The van der Waals surface area contributed by atoms with Crippen LogP contribution in [0.15, 0.2) is 48.7 Å². The highest BCUT2D eigenvalue weighted by Crippen LogP contribution is 2.25. The Morgan fingerprint density at radius 3 is 2.50 bits per heavy atom. The van der Waals surface area contributed by atoms with Crippen molar-refractivity contribution < 1.29 is 9.90 Å². The minimum atomic E-state index is -0.318. The predicted molar refractivity (Wildman–Crippen MR) is 100 cm³/mol. The van der Waals surface area contributed by atoms with E-state index in [-0.39, 0.29) is 18.6 Å². The van der Waals surface area contributed by atoms with Gasteiger partial charge in [-0.3, -0.25) is 4.79 Å². The number of aliphatic hydroxyl groups is 1. The zero-order chi connectivity index (χ0) is 18.7. The fraction of sp³-hybridized carbons (Fsp3) is 0.250. The first kappa shape index (κ1) is 17.8. The van der Waals surface area contributed by atoms with E-state index >= 15 is 0 Å². The molecule has 0 saturated heterocycles. The van der Waals surface area contributed by atoms with Crippen molar-refractivity contribution in [1.29, 1.82) is 0 Å². The highest BCUT2D eigenvalue weighted by atomic mass is 16.3. The number of aromatic nitrogens is 3. The van der Waals surface area contributed by atoms with Crippen molar-refractivity contribution in [2.75, 3.05) is 6.61 Å². The SMILES string of the molecule is Cc1ccc(-c2cc(C(=O)N[C@@H](C)CO)cc(-n3nncc3C)c2)cc1. The van der Waals surface area contributed by atoms with Crippen molar-refractivity contribution >= 4 is 5.91 Å². The second-order valence-electron chi connectivity index (χ2n) is 6.48. The van der Waals surface area contributed by atoms with Crippen LogP contribution in [0.1, 0.15) is 28.5 Å². The molecule has 0 spiro atoms. The zero-order valence-corrected chi connectivity index (χ0v) is 15.1. The average molecular weight is 350 g/mol. The molecule has 3 aromatic rings. The quantitative estimate of drug-likeness (QED) is 0.741. The smallest absolute Gasteiger partial charge is 0.251 e. The van der Waals surface area contributed by atoms with Gasteiger partial charge in [0.15, 0.2) is 0 Å². The molecule has 6 nitrogen and oxygen atoms in total. The van der Waals surface area contributed by atoms with E-state index in [2.05, 4.69) is 15.6 Å². The normalized spacial score (nSPS) is 12.0. The Kier molecular flexibility index (Phi) is 5.14. The van der Waals surface area contributed by atoms with Crippen molar-refractivity contribution in [2.24, 2.45) is 0 Å². The summed E-state index contributed by atoms with van der Waals surface area (Å²) in [5.74, 6) is -0.237. The molecule has 6 heteroatoms. The van der Waals surface area contributed by atoms with Gasteiger partial charge in [0.2, 0.25) is 0 Å². The molecular formula is C20H22N4O2. The van der Waals surface area contributed by atoms with Crippen LogP contribution in [0.5, 0.6) is 0 Å². The van der Waals surface area contributed by atoms with Gasteiger partial charge in [-0.2, -0.15) is 0 Å². The van der Waals surface area contributed by atoms with Crippen LogP contribution >= 0.6 is 0 Å². The Bertz CT molecular complexity index is 916. The fourth-order valence-corrected chi connectivity index (χ4v) is 2.67. The van der Waals surface area contributed by atoms with Crippen LogP contribution < -0.4 is 5.32 Å². The van der Waals surface area contributed by atoms with E-state index in [1.807, 2.05) is 50.2 Å². The van der Waals surface area contributed by atoms with Crippen LogP contribution in [0.2, 0.25) is 0 Å². The number of hydrogen-bond donors (Lipinski definition) is 2. The van der Waals surface area contributed by atoms with Crippen molar-refractivity contribution in [2.45, 2.75) is 26.8 Å². The lowest BCUT2D eigenvalue weighted by atomic mass is 10.0. The van der Waals surface area contributed by atoms with Crippen LogP contribution in [0.3, 0.4) is 0 Å². The van der Waals surface area contributed by atoms with Gasteiger partial charge in [-0.25, -0.2) is 4.68 Å². The van der Waals surface area contributed by atoms with Crippen LogP contribution in [0.25, 0.3) is 16.8 Å². The Morgan fingerprint density at radius 1 is 1.15 bits per heavy atom. The number of benzene rings is 2. The summed E-state index contributed by atoms with van der Waals surface area (Å²) < 4.78 is 1.70. The molecule has 1 aromatic heterocycles. The summed E-state index contributed by atoms with van der Waals surface area (Å²) in [6, 6.07) is 13.4. The molecule has 1 amide bonds. The molecule has 0 unspecified atom stereocenters. The first-order valence-corrected chi connectivity index (χ1v) is 8.49. The maximum Gasteiger partial charge on any atom is 0.251 e. The van der Waals surface area contributed by atoms with Crippen molar-refractivity contribution in [3.63, 3.8) is 0 Å². The molecule has 0 saturated carbocycles. The first-order chi connectivity index (χ1) is 12.5. The van der Waals surface area contributed by atoms with E-state index in [9.17, 15) is 9.90 Å². The van der Waals surface area contributed by atoms with E-state index in [1.165, 1.54) is 5.56 Å². The number of hydrogen-bond acceptors (Lipinski definition) is 4. The molecule has 0 bridgehead atoms. The maximum atomic E-state index is 12.6. The third-order valence-corrected chi connectivity index (χ3v) is 4.18. The number of nitrogens with one attached hydrogen (secondary N) is 1. The van der Waals surface area contributed by atoms with Crippen LogP contribution in [-0.4, -0.2) is 38.7 Å². The van der Waals surface area contributed by atoms with Crippen LogP contribution in [0, 0.1) is 13.8 Å². The van der Waals surface area contributed by atoms with E-state index < -0.39 is 0 Å². The standard InChI is InChI=1S/C20H22N4O2/c1-13-4-6-16(7-5-13)17-8-18(20(26)22-14(2)12-25)10-19(9-17)24-15(3)11-21-23-24/h4-11,14,25H,12H2,1-3H3,(H,22,26)/t14-/m0/s1. The topological polar surface area (TPSA) is 80.0 Å². The van der Waals surface area contributed by atoms with Gasteiger partial charge in [0.1, 0.15) is 0 Å². The Balaban J connectivity index is 2.09. The van der Waals surface area contributed by atoms with E-state index in [4.69, 9.17) is 0 Å². The molecule has 0 aliphatic carbocycles. The predicted octanol–water partition coefficient (Wildman–Crippen LogP) is 2.66. The summed E-state index contributed by atoms with van der Waals surface area (Å²) in [7, 11) is 0. The molecule has 0 aliphatic heterocycles. The molecule has 2 N–H and O–H groups in total. The lowest BCUT2D eigenvalue weighted by Gasteiger charge is -2.14. The van der Waals surface area contributed by atoms with E-state index in [1.54, 1.807) is 23.9 Å². The Morgan fingerprint density at radius 2 is 1.88 bits per heavy atom. The minimum Gasteiger partial charge on any atom is -0.394 e. The number of aryl methyl sites for hydroxylation is 2. The highest BCUT2D eigenvalue weighted by molar-refractivity contribution is 5.96. The Labute approximate surface area is 152 Å². The number of carbonyl (C=O) groups excluding carboxylic acids is 1. The van der Waals surface area contributed by atoms with Gasteiger partial charge >= 0.3 is 0 Å². The first-order valence-electron chi connectivity index (χ1n) is 8.49. The monoisotopic (exact) mass is 350 g/mol.